The van der Waals surface area contributed by atoms with Crippen LogP contribution in [0, 0.1) is 17.0 Å². The molecule has 1 aliphatic rings. The second-order valence-electron chi connectivity index (χ2n) is 4.49. The largest absolute Gasteiger partial charge is 0.388 e. The lowest BCUT2D eigenvalue weighted by atomic mass is 9.87. The Bertz CT molecular complexity index is 385. The Kier molecular flexibility index (Phi) is 1.89. The SMILES string of the molecule is CC1(C)Cc2c(F)ccc(F)c2C1O. The van der Waals surface area contributed by atoms with Crippen LogP contribution in [0.15, 0.2) is 12.1 Å². The molecule has 1 nitrogen and oxygen atoms in total. The third kappa shape index (κ3) is 1.16. The van der Waals surface area contributed by atoms with Crippen LogP contribution in [0.3, 0.4) is 0 Å². The van der Waals surface area contributed by atoms with Gasteiger partial charge in [0.25, 0.3) is 0 Å². The van der Waals surface area contributed by atoms with Crippen LogP contribution in [0.4, 0.5) is 8.78 Å². The Morgan fingerprint density at radius 1 is 1.29 bits per heavy atom. The first kappa shape index (κ1) is 9.59. The van der Waals surface area contributed by atoms with Crippen LogP contribution in [0.25, 0.3) is 0 Å². The Balaban J connectivity index is 2.64. The monoisotopic (exact) mass is 198 g/mol. The molecule has 1 N–H and O–H groups in total. The number of benzene rings is 1. The van der Waals surface area contributed by atoms with Crippen LogP contribution in [-0.2, 0) is 6.42 Å². The van der Waals surface area contributed by atoms with E-state index in [0.29, 0.717) is 12.0 Å². The second-order valence-corrected chi connectivity index (χ2v) is 4.49. The van der Waals surface area contributed by atoms with Crippen molar-refractivity contribution >= 4 is 0 Å². The third-order valence-corrected chi connectivity index (χ3v) is 2.89. The maximum absolute atomic E-state index is 13.3. The van der Waals surface area contributed by atoms with Crippen LogP contribution in [-0.4, -0.2) is 5.11 Å². The van der Waals surface area contributed by atoms with Gasteiger partial charge in [-0.15, -0.1) is 0 Å². The lowest BCUT2D eigenvalue weighted by Gasteiger charge is -2.22. The smallest absolute Gasteiger partial charge is 0.129 e. The van der Waals surface area contributed by atoms with E-state index in [1.54, 1.807) is 13.8 Å². The standard InChI is InChI=1S/C11H12F2O/c1-11(2)5-6-7(12)3-4-8(13)9(6)10(11)14/h3-4,10,14H,5H2,1-2H3. The Morgan fingerprint density at radius 2 is 1.86 bits per heavy atom. The molecule has 1 atom stereocenters. The van der Waals surface area contributed by atoms with E-state index in [0.717, 1.165) is 12.1 Å². The van der Waals surface area contributed by atoms with Crippen molar-refractivity contribution in [3.63, 3.8) is 0 Å². The molecule has 0 saturated carbocycles. The average molecular weight is 198 g/mol. The molecular formula is C11H12F2O. The first-order valence-corrected chi connectivity index (χ1v) is 4.58. The summed E-state index contributed by atoms with van der Waals surface area (Å²) in [5, 5.41) is 9.81. The molecule has 0 heterocycles. The highest BCUT2D eigenvalue weighted by Crippen LogP contribution is 2.46. The fourth-order valence-corrected chi connectivity index (χ4v) is 2.03. The minimum atomic E-state index is -0.909. The normalized spacial score (nSPS) is 23.6. The van der Waals surface area contributed by atoms with Crippen molar-refractivity contribution < 1.29 is 13.9 Å². The summed E-state index contributed by atoms with van der Waals surface area (Å²) in [4.78, 5) is 0. The lowest BCUT2D eigenvalue weighted by molar-refractivity contribution is 0.0640. The molecule has 1 aromatic rings. The molecule has 0 fully saturated rings. The van der Waals surface area contributed by atoms with Crippen molar-refractivity contribution in [1.29, 1.82) is 0 Å². The maximum atomic E-state index is 13.3. The van der Waals surface area contributed by atoms with Gasteiger partial charge in [0.05, 0.1) is 6.10 Å². The summed E-state index contributed by atoms with van der Waals surface area (Å²) in [5.41, 5.74) is -0.0248. The minimum Gasteiger partial charge on any atom is -0.388 e. The topological polar surface area (TPSA) is 20.2 Å². The van der Waals surface area contributed by atoms with Crippen molar-refractivity contribution in [2.24, 2.45) is 5.41 Å². The number of hydrogen-bond donors (Lipinski definition) is 1. The highest BCUT2D eigenvalue weighted by atomic mass is 19.1. The van der Waals surface area contributed by atoms with Gasteiger partial charge < -0.3 is 5.11 Å². The molecule has 1 aliphatic carbocycles. The summed E-state index contributed by atoms with van der Waals surface area (Å²) in [6, 6.07) is 2.18. The summed E-state index contributed by atoms with van der Waals surface area (Å²) >= 11 is 0. The molecule has 0 radical (unpaired) electrons. The zero-order valence-corrected chi connectivity index (χ0v) is 8.14. The Hall–Kier alpha value is -0.960. The molecule has 0 amide bonds. The molecule has 0 spiro atoms. The van der Waals surface area contributed by atoms with Gasteiger partial charge in [-0.2, -0.15) is 0 Å². The molecule has 1 unspecified atom stereocenters. The summed E-state index contributed by atoms with van der Waals surface area (Å²) in [6.45, 7) is 3.60. The molecule has 0 aliphatic heterocycles. The predicted molar refractivity (Wildman–Crippen MR) is 48.8 cm³/mol. The molecular weight excluding hydrogens is 186 g/mol. The van der Waals surface area contributed by atoms with E-state index in [4.69, 9.17) is 0 Å². The number of fused-ring (bicyclic) bond motifs is 1. The fourth-order valence-electron chi connectivity index (χ4n) is 2.03. The van der Waals surface area contributed by atoms with E-state index in [1.165, 1.54) is 0 Å². The quantitative estimate of drug-likeness (QED) is 0.679. The van der Waals surface area contributed by atoms with E-state index in [-0.39, 0.29) is 5.56 Å². The van der Waals surface area contributed by atoms with Crippen molar-refractivity contribution in [2.45, 2.75) is 26.4 Å². The van der Waals surface area contributed by atoms with E-state index in [2.05, 4.69) is 0 Å². The van der Waals surface area contributed by atoms with Gasteiger partial charge in [-0.25, -0.2) is 8.78 Å². The van der Waals surface area contributed by atoms with Crippen LogP contribution < -0.4 is 0 Å². The van der Waals surface area contributed by atoms with Gasteiger partial charge in [0.15, 0.2) is 0 Å². The molecule has 76 valence electrons. The van der Waals surface area contributed by atoms with Crippen LogP contribution in [0.1, 0.15) is 31.1 Å². The van der Waals surface area contributed by atoms with E-state index in [9.17, 15) is 13.9 Å². The van der Waals surface area contributed by atoms with Gasteiger partial charge in [-0.05, 0) is 29.5 Å². The second kappa shape index (κ2) is 2.76. The first-order chi connectivity index (χ1) is 6.43. The fraction of sp³-hybridized carbons (Fsp3) is 0.455. The number of aliphatic hydroxyl groups is 1. The predicted octanol–water partition coefficient (Wildman–Crippen LogP) is 2.58. The maximum Gasteiger partial charge on any atom is 0.129 e. The Labute approximate surface area is 81.4 Å². The van der Waals surface area contributed by atoms with Gasteiger partial charge in [-0.3, -0.25) is 0 Å². The van der Waals surface area contributed by atoms with Gasteiger partial charge in [0.2, 0.25) is 0 Å². The van der Waals surface area contributed by atoms with Crippen molar-refractivity contribution in [3.05, 3.63) is 34.9 Å². The summed E-state index contributed by atoms with van der Waals surface area (Å²) in [7, 11) is 0. The van der Waals surface area contributed by atoms with Crippen molar-refractivity contribution in [3.8, 4) is 0 Å². The zero-order valence-electron chi connectivity index (χ0n) is 8.14. The Morgan fingerprint density at radius 3 is 2.43 bits per heavy atom. The molecule has 3 heteroatoms. The van der Waals surface area contributed by atoms with E-state index < -0.39 is 23.2 Å². The van der Waals surface area contributed by atoms with Gasteiger partial charge in [0, 0.05) is 5.56 Å². The molecule has 0 saturated heterocycles. The zero-order chi connectivity index (χ0) is 10.5. The van der Waals surface area contributed by atoms with Crippen LogP contribution in [0.2, 0.25) is 0 Å². The van der Waals surface area contributed by atoms with Crippen LogP contribution in [0.5, 0.6) is 0 Å². The summed E-state index contributed by atoms with van der Waals surface area (Å²) in [6.07, 6.45) is -0.527. The van der Waals surface area contributed by atoms with Crippen molar-refractivity contribution in [1.82, 2.24) is 0 Å². The third-order valence-electron chi connectivity index (χ3n) is 2.89. The number of rotatable bonds is 0. The van der Waals surface area contributed by atoms with Crippen molar-refractivity contribution in [2.75, 3.05) is 0 Å². The highest BCUT2D eigenvalue weighted by Gasteiger charge is 2.41. The molecule has 0 bridgehead atoms. The average Bonchev–Trinajstić information content (AvgIpc) is 2.33. The van der Waals surface area contributed by atoms with E-state index in [1.807, 2.05) is 0 Å². The van der Waals surface area contributed by atoms with E-state index >= 15 is 0 Å². The molecule has 0 aromatic heterocycles. The number of hydrogen-bond acceptors (Lipinski definition) is 1. The van der Waals surface area contributed by atoms with Crippen LogP contribution >= 0.6 is 0 Å². The number of halogens is 2. The first-order valence-electron chi connectivity index (χ1n) is 4.58. The van der Waals surface area contributed by atoms with Gasteiger partial charge in [0.1, 0.15) is 11.6 Å². The minimum absolute atomic E-state index is 0.134. The molecule has 14 heavy (non-hydrogen) atoms. The molecule has 1 aromatic carbocycles. The van der Waals surface area contributed by atoms with Gasteiger partial charge in [-0.1, -0.05) is 13.8 Å². The summed E-state index contributed by atoms with van der Waals surface area (Å²) < 4.78 is 26.6. The summed E-state index contributed by atoms with van der Waals surface area (Å²) in [5.74, 6) is -0.939. The lowest BCUT2D eigenvalue weighted by Crippen LogP contribution is -2.17. The number of aliphatic hydroxyl groups excluding tert-OH is 1. The highest BCUT2D eigenvalue weighted by molar-refractivity contribution is 5.38. The van der Waals surface area contributed by atoms with Gasteiger partial charge >= 0.3 is 0 Å². The molecule has 2 rings (SSSR count).